The molecule has 0 atom stereocenters. The van der Waals surface area contributed by atoms with Crippen LogP contribution in [0.15, 0.2) is 103 Å². The summed E-state index contributed by atoms with van der Waals surface area (Å²) in [6.45, 7) is 0.392. The van der Waals surface area contributed by atoms with E-state index in [1.807, 2.05) is 36.4 Å². The highest BCUT2D eigenvalue weighted by atomic mass is 31.2. The Kier molecular flexibility index (Phi) is 5.38. The van der Waals surface area contributed by atoms with Gasteiger partial charge in [-0.2, -0.15) is 13.2 Å². The third kappa shape index (κ3) is 3.67. The van der Waals surface area contributed by atoms with Crippen LogP contribution in [0.1, 0.15) is 11.1 Å². The summed E-state index contributed by atoms with van der Waals surface area (Å²) in [5.41, 5.74) is 0.910. The highest BCUT2D eigenvalue weighted by molar-refractivity contribution is 7.85. The van der Waals surface area contributed by atoms with Crippen LogP contribution in [0.2, 0.25) is 0 Å². The highest BCUT2D eigenvalue weighted by Crippen LogP contribution is 2.50. The fraction of sp³-hybridized carbons (Fsp3) is 0.111. The molecule has 0 saturated heterocycles. The third-order valence-electron chi connectivity index (χ3n) is 6.06. The van der Waals surface area contributed by atoms with Gasteiger partial charge in [-0.15, -0.1) is 0 Å². The minimum Gasteiger partial charge on any atom is -0.340 e. The predicted molar refractivity (Wildman–Crippen MR) is 128 cm³/mol. The van der Waals surface area contributed by atoms with Crippen LogP contribution in [0.4, 0.5) is 24.5 Å². The summed E-state index contributed by atoms with van der Waals surface area (Å²) < 4.78 is 58.0. The highest BCUT2D eigenvalue weighted by Gasteiger charge is 2.42. The molecule has 33 heavy (non-hydrogen) atoms. The zero-order chi connectivity index (χ0) is 23.1. The van der Waals surface area contributed by atoms with Gasteiger partial charge in [-0.05, 0) is 30.2 Å². The first-order chi connectivity index (χ1) is 15.9. The minimum absolute atomic E-state index is 0.0222. The Morgan fingerprint density at radius 2 is 1.27 bits per heavy atom. The number of benzene rings is 4. The van der Waals surface area contributed by atoms with Gasteiger partial charge in [0.1, 0.15) is 0 Å². The first-order valence-electron chi connectivity index (χ1n) is 10.7. The van der Waals surface area contributed by atoms with E-state index in [0.717, 1.165) is 17.3 Å². The van der Waals surface area contributed by atoms with Crippen molar-refractivity contribution in [3.05, 3.63) is 114 Å². The maximum Gasteiger partial charge on any atom is 0.418 e. The molecule has 2 nitrogen and oxygen atoms in total. The van der Waals surface area contributed by atoms with Crippen molar-refractivity contribution in [3.8, 4) is 0 Å². The number of anilines is 2. The molecule has 0 radical (unpaired) electrons. The molecule has 0 aliphatic carbocycles. The molecule has 5 rings (SSSR count). The van der Waals surface area contributed by atoms with Crippen LogP contribution >= 0.6 is 7.14 Å². The van der Waals surface area contributed by atoms with Gasteiger partial charge in [0.2, 0.25) is 0 Å². The van der Waals surface area contributed by atoms with Gasteiger partial charge in [0.15, 0.2) is 7.14 Å². The Bertz CT molecular complexity index is 1290. The zero-order valence-electron chi connectivity index (χ0n) is 17.7. The monoisotopic (exact) mass is 463 g/mol. The van der Waals surface area contributed by atoms with Crippen LogP contribution in [0.5, 0.6) is 0 Å². The number of para-hydroxylation sites is 2. The first-order valence-corrected chi connectivity index (χ1v) is 12.4. The van der Waals surface area contributed by atoms with Crippen LogP contribution in [0.25, 0.3) is 0 Å². The molecule has 0 fully saturated rings. The van der Waals surface area contributed by atoms with Crippen LogP contribution in [-0.2, 0) is 17.2 Å². The average molecular weight is 463 g/mol. The molecule has 166 valence electrons. The summed E-state index contributed by atoms with van der Waals surface area (Å²) in [5, 5.41) is 1.21. The number of hydrogen-bond donors (Lipinski definition) is 0. The van der Waals surface area contributed by atoms with Gasteiger partial charge in [0.05, 0.1) is 11.3 Å². The molecule has 1 aliphatic heterocycles. The minimum atomic E-state index is -4.60. The van der Waals surface area contributed by atoms with Gasteiger partial charge >= 0.3 is 6.18 Å². The Morgan fingerprint density at radius 1 is 0.697 bits per heavy atom. The second-order valence-electron chi connectivity index (χ2n) is 7.98. The van der Waals surface area contributed by atoms with E-state index in [0.29, 0.717) is 23.6 Å². The molecule has 4 aromatic rings. The summed E-state index contributed by atoms with van der Waals surface area (Å²) in [6, 6.07) is 29.1. The smallest absolute Gasteiger partial charge is 0.340 e. The van der Waals surface area contributed by atoms with E-state index in [1.54, 1.807) is 59.5 Å². The van der Waals surface area contributed by atoms with Crippen LogP contribution in [0, 0.1) is 0 Å². The summed E-state index contributed by atoms with van der Waals surface area (Å²) >= 11 is 0. The van der Waals surface area contributed by atoms with Gasteiger partial charge in [-0.3, -0.25) is 0 Å². The van der Waals surface area contributed by atoms with Crippen molar-refractivity contribution < 1.29 is 17.7 Å². The fourth-order valence-electron chi connectivity index (χ4n) is 4.57. The number of rotatable bonds is 4. The molecule has 0 saturated carbocycles. The standard InChI is InChI=1S/C27H21F3NOP/c28-27(29,30)23-15-9-17-25(26(23)31-19-18-20-10-7-8-16-24(20)31)33(32,21-11-3-1-4-12-21)22-13-5-2-6-14-22/h1-17H,18-19H2. The lowest BCUT2D eigenvalue weighted by molar-refractivity contribution is -0.137. The average Bonchev–Trinajstić information content (AvgIpc) is 3.27. The molecule has 0 N–H and O–H groups in total. The van der Waals surface area contributed by atoms with Gasteiger partial charge in [0, 0.05) is 28.1 Å². The van der Waals surface area contributed by atoms with E-state index < -0.39 is 18.9 Å². The molecule has 1 aliphatic rings. The quantitative estimate of drug-likeness (QED) is 0.344. The molecule has 0 spiro atoms. The van der Waals surface area contributed by atoms with Crippen molar-refractivity contribution in [2.75, 3.05) is 11.4 Å². The molecule has 0 bridgehead atoms. The van der Waals surface area contributed by atoms with E-state index >= 15 is 0 Å². The normalized spacial score (nSPS) is 13.7. The Balaban J connectivity index is 1.86. The molecule has 0 amide bonds. The second kappa shape index (κ2) is 8.24. The van der Waals surface area contributed by atoms with Crippen molar-refractivity contribution in [2.45, 2.75) is 12.6 Å². The Morgan fingerprint density at radius 3 is 1.88 bits per heavy atom. The molecule has 6 heteroatoms. The molecule has 0 aromatic heterocycles. The number of fused-ring (bicyclic) bond motifs is 1. The van der Waals surface area contributed by atoms with Gasteiger partial charge < -0.3 is 9.46 Å². The Labute approximate surface area is 190 Å². The number of halogens is 3. The molecular weight excluding hydrogens is 442 g/mol. The molecule has 1 heterocycles. The molecular formula is C27H21F3NOP. The van der Waals surface area contributed by atoms with Gasteiger partial charge in [0.25, 0.3) is 0 Å². The van der Waals surface area contributed by atoms with Crippen molar-refractivity contribution in [3.63, 3.8) is 0 Å². The van der Waals surface area contributed by atoms with E-state index in [-0.39, 0.29) is 11.0 Å². The van der Waals surface area contributed by atoms with Crippen molar-refractivity contribution in [1.82, 2.24) is 0 Å². The maximum absolute atomic E-state index is 15.0. The SMILES string of the molecule is O=P(c1ccccc1)(c1ccccc1)c1cccc(C(F)(F)F)c1N1CCc2ccccc21. The van der Waals surface area contributed by atoms with Gasteiger partial charge in [-0.1, -0.05) is 84.9 Å². The maximum atomic E-state index is 15.0. The summed E-state index contributed by atoms with van der Waals surface area (Å²) in [7, 11) is -3.62. The lowest BCUT2D eigenvalue weighted by Crippen LogP contribution is -2.32. The van der Waals surface area contributed by atoms with E-state index in [2.05, 4.69) is 0 Å². The third-order valence-corrected chi connectivity index (χ3v) is 9.15. The van der Waals surface area contributed by atoms with Crippen molar-refractivity contribution in [2.24, 2.45) is 0 Å². The van der Waals surface area contributed by atoms with E-state index in [1.165, 1.54) is 6.07 Å². The number of hydrogen-bond acceptors (Lipinski definition) is 2. The van der Waals surface area contributed by atoms with Crippen LogP contribution in [-0.4, -0.2) is 6.54 Å². The largest absolute Gasteiger partial charge is 0.418 e. The second-order valence-corrected chi connectivity index (χ2v) is 10.7. The molecule has 4 aromatic carbocycles. The fourth-order valence-corrected chi connectivity index (χ4v) is 7.45. The molecule has 0 unspecified atom stereocenters. The topological polar surface area (TPSA) is 20.3 Å². The van der Waals surface area contributed by atoms with Crippen LogP contribution in [0.3, 0.4) is 0 Å². The van der Waals surface area contributed by atoms with E-state index in [9.17, 15) is 17.7 Å². The lowest BCUT2D eigenvalue weighted by atomic mass is 10.1. The lowest BCUT2D eigenvalue weighted by Gasteiger charge is -2.30. The first kappa shape index (κ1) is 21.5. The number of nitrogens with zero attached hydrogens (tertiary/aromatic N) is 1. The van der Waals surface area contributed by atoms with Gasteiger partial charge in [-0.25, -0.2) is 0 Å². The zero-order valence-corrected chi connectivity index (χ0v) is 18.6. The van der Waals surface area contributed by atoms with Crippen molar-refractivity contribution >= 4 is 34.4 Å². The van der Waals surface area contributed by atoms with Crippen LogP contribution < -0.4 is 20.8 Å². The van der Waals surface area contributed by atoms with E-state index in [4.69, 9.17) is 0 Å². The number of alkyl halides is 3. The Hall–Kier alpha value is -3.30. The summed E-state index contributed by atoms with van der Waals surface area (Å²) in [6.07, 6.45) is -3.97. The summed E-state index contributed by atoms with van der Waals surface area (Å²) in [5.74, 6) is 0. The summed E-state index contributed by atoms with van der Waals surface area (Å²) in [4.78, 5) is 1.69. The van der Waals surface area contributed by atoms with Crippen molar-refractivity contribution in [1.29, 1.82) is 0 Å². The predicted octanol–water partition coefficient (Wildman–Crippen LogP) is 6.04.